The zero-order chi connectivity index (χ0) is 14.9. The predicted octanol–water partition coefficient (Wildman–Crippen LogP) is 3.80. The van der Waals surface area contributed by atoms with E-state index in [0.717, 1.165) is 24.5 Å². The Hall–Kier alpha value is -1.62. The second kappa shape index (κ2) is 5.35. The zero-order valence-electron chi connectivity index (χ0n) is 10.9. The fraction of sp³-hybridized carbons (Fsp3) is 0.167. The summed E-state index contributed by atoms with van der Waals surface area (Å²) in [5, 5.41) is 0.00404. The Morgan fingerprint density at radius 1 is 1.22 bits per heavy atom. The average Bonchev–Trinajstić information content (AvgIpc) is 2.38. The van der Waals surface area contributed by atoms with Crippen molar-refractivity contribution in [1.29, 1.82) is 0 Å². The molecule has 1 heterocycles. The summed E-state index contributed by atoms with van der Waals surface area (Å²) in [5.74, 6) is -0.943. The summed E-state index contributed by atoms with van der Waals surface area (Å²) in [6.07, 6.45) is -4.12. The fourth-order valence-electron chi connectivity index (χ4n) is 1.36. The highest BCUT2D eigenvalue weighted by atomic mass is 35.5. The lowest BCUT2D eigenvalue weighted by molar-refractivity contribution is 0.151. The van der Waals surface area contributed by atoms with Gasteiger partial charge in [-0.3, -0.25) is 0 Å². The quantitative estimate of drug-likeness (QED) is 0.796. The molecule has 2 rings (SSSR count). The van der Waals surface area contributed by atoms with E-state index in [2.05, 4.69) is 9.97 Å². The third-order valence-corrected chi connectivity index (χ3v) is 2.28. The molecule has 0 N–H and O–H groups in total. The topological polar surface area (TPSA) is 25.8 Å². The maximum atomic E-state index is 13.4. The molecule has 94 valence electrons. The van der Waals surface area contributed by atoms with E-state index in [1.807, 2.05) is 0 Å². The fourth-order valence-corrected chi connectivity index (χ4v) is 1.51. The molecule has 0 amide bonds. The van der Waals surface area contributed by atoms with Crippen LogP contribution >= 0.6 is 11.6 Å². The van der Waals surface area contributed by atoms with Gasteiger partial charge in [0, 0.05) is 20.4 Å². The van der Waals surface area contributed by atoms with Gasteiger partial charge in [-0.2, -0.15) is 0 Å². The Morgan fingerprint density at radius 2 is 2.00 bits per heavy atom. The van der Waals surface area contributed by atoms with Gasteiger partial charge < -0.3 is 0 Å². The minimum Gasteiger partial charge on any atom is -0.241 e. The molecule has 2 nitrogen and oxygen atoms in total. The first-order valence-corrected chi connectivity index (χ1v) is 5.25. The highest BCUT2D eigenvalue weighted by Gasteiger charge is 2.10. The highest BCUT2D eigenvalue weighted by Crippen LogP contribution is 2.22. The number of benzene rings is 1. The van der Waals surface area contributed by atoms with E-state index >= 15 is 0 Å². The molecule has 0 spiro atoms. The molecule has 1 aromatic carbocycles. The van der Waals surface area contributed by atoms with Crippen LogP contribution in [0.15, 0.2) is 30.6 Å². The Bertz CT molecular complexity index is 638. The SMILES string of the molecule is [2H]C([2H])(c1cc(F)cc(C(F)F)c1)c1cc(Cl)ncn1. The first-order valence-electron chi connectivity index (χ1n) is 5.88. The number of hydrogen-bond donors (Lipinski definition) is 0. The molecule has 0 aliphatic heterocycles. The summed E-state index contributed by atoms with van der Waals surface area (Å²) in [4.78, 5) is 7.32. The van der Waals surface area contributed by atoms with Crippen LogP contribution in [-0.4, -0.2) is 9.97 Å². The van der Waals surface area contributed by atoms with E-state index in [4.69, 9.17) is 14.3 Å². The van der Waals surface area contributed by atoms with Gasteiger partial charge in [0.25, 0.3) is 6.43 Å². The molecule has 0 saturated carbocycles. The summed E-state index contributed by atoms with van der Waals surface area (Å²) in [6, 6.07) is 3.58. The van der Waals surface area contributed by atoms with Crippen LogP contribution in [0.4, 0.5) is 13.2 Å². The third kappa shape index (κ3) is 3.20. The van der Waals surface area contributed by atoms with Crippen molar-refractivity contribution in [3.05, 3.63) is 58.4 Å². The van der Waals surface area contributed by atoms with Crippen LogP contribution in [0.2, 0.25) is 5.15 Å². The van der Waals surface area contributed by atoms with Crippen LogP contribution in [0, 0.1) is 5.82 Å². The summed E-state index contributed by atoms with van der Waals surface area (Å²) < 4.78 is 54.5. The largest absolute Gasteiger partial charge is 0.263 e. The summed E-state index contributed by atoms with van der Waals surface area (Å²) in [5.41, 5.74) is -0.991. The van der Waals surface area contributed by atoms with Crippen LogP contribution < -0.4 is 0 Å². The lowest BCUT2D eigenvalue weighted by atomic mass is 10.1. The molecule has 0 unspecified atom stereocenters. The van der Waals surface area contributed by atoms with Crippen molar-refractivity contribution in [3.8, 4) is 0 Å². The number of halogens is 4. The van der Waals surface area contributed by atoms with Gasteiger partial charge in [0.2, 0.25) is 0 Å². The first-order chi connectivity index (χ1) is 9.30. The Kier molecular flexibility index (Phi) is 3.07. The van der Waals surface area contributed by atoms with Crippen LogP contribution in [0.3, 0.4) is 0 Å². The van der Waals surface area contributed by atoms with Crippen molar-refractivity contribution in [2.24, 2.45) is 0 Å². The molecule has 0 aliphatic carbocycles. The minimum atomic E-state index is -2.89. The van der Waals surface area contributed by atoms with E-state index in [9.17, 15) is 13.2 Å². The monoisotopic (exact) mass is 274 g/mol. The number of alkyl halides is 2. The summed E-state index contributed by atoms with van der Waals surface area (Å²) in [7, 11) is 0. The van der Waals surface area contributed by atoms with Crippen LogP contribution in [0.5, 0.6) is 0 Å². The average molecular weight is 275 g/mol. The van der Waals surface area contributed by atoms with Crippen molar-refractivity contribution in [2.45, 2.75) is 12.8 Å². The van der Waals surface area contributed by atoms with E-state index in [-0.39, 0.29) is 16.4 Å². The van der Waals surface area contributed by atoms with Gasteiger partial charge in [-0.25, -0.2) is 23.1 Å². The van der Waals surface area contributed by atoms with Gasteiger partial charge in [-0.1, -0.05) is 11.6 Å². The minimum absolute atomic E-state index is 0.00404. The second-order valence-electron chi connectivity index (χ2n) is 3.42. The number of nitrogens with zero attached hydrogens (tertiary/aromatic N) is 2. The van der Waals surface area contributed by atoms with Gasteiger partial charge in [-0.15, -0.1) is 0 Å². The van der Waals surface area contributed by atoms with E-state index in [1.165, 1.54) is 0 Å². The molecular formula is C12H8ClF3N2. The predicted molar refractivity (Wildman–Crippen MR) is 61.2 cm³/mol. The maximum absolute atomic E-state index is 13.4. The normalized spacial score (nSPS) is 13.4. The molecule has 1 aromatic heterocycles. The molecule has 0 radical (unpaired) electrons. The number of rotatable bonds is 3. The summed E-state index contributed by atoms with van der Waals surface area (Å²) in [6.45, 7) is 0. The molecule has 6 heteroatoms. The van der Waals surface area contributed by atoms with Gasteiger partial charge in [-0.05, 0) is 29.8 Å². The maximum Gasteiger partial charge on any atom is 0.263 e. The van der Waals surface area contributed by atoms with Crippen molar-refractivity contribution in [1.82, 2.24) is 9.97 Å². The zero-order valence-corrected chi connectivity index (χ0v) is 9.63. The Labute approximate surface area is 109 Å². The molecule has 0 bridgehead atoms. The second-order valence-corrected chi connectivity index (χ2v) is 3.81. The highest BCUT2D eigenvalue weighted by molar-refractivity contribution is 6.29. The smallest absolute Gasteiger partial charge is 0.241 e. The molecule has 18 heavy (non-hydrogen) atoms. The van der Waals surface area contributed by atoms with E-state index in [0.29, 0.717) is 6.07 Å². The van der Waals surface area contributed by atoms with Gasteiger partial charge in [0.1, 0.15) is 17.3 Å². The lowest BCUT2D eigenvalue weighted by Gasteiger charge is -2.05. The van der Waals surface area contributed by atoms with Crippen molar-refractivity contribution in [3.63, 3.8) is 0 Å². The Morgan fingerprint density at radius 3 is 2.67 bits per heavy atom. The summed E-state index contributed by atoms with van der Waals surface area (Å²) >= 11 is 5.64. The number of aromatic nitrogens is 2. The van der Waals surface area contributed by atoms with Crippen molar-refractivity contribution < 1.29 is 15.9 Å². The molecular weight excluding hydrogens is 265 g/mol. The van der Waals surface area contributed by atoms with Crippen LogP contribution in [-0.2, 0) is 6.37 Å². The molecule has 0 aliphatic rings. The number of hydrogen-bond acceptors (Lipinski definition) is 2. The molecule has 0 atom stereocenters. The van der Waals surface area contributed by atoms with Gasteiger partial charge in [0.05, 0.1) is 0 Å². The first kappa shape index (κ1) is 10.3. The molecule has 0 fully saturated rings. The Balaban J connectivity index is 2.53. The van der Waals surface area contributed by atoms with Gasteiger partial charge >= 0.3 is 0 Å². The standard InChI is InChI=1S/C12H8ClF3N2/c13-11-5-10(17-6-18-11)3-7-1-8(12(15)16)4-9(14)2-7/h1-2,4-6,12H,3H2/i3D2. The van der Waals surface area contributed by atoms with Gasteiger partial charge in [0.15, 0.2) is 0 Å². The van der Waals surface area contributed by atoms with E-state index in [1.54, 1.807) is 0 Å². The lowest BCUT2D eigenvalue weighted by Crippen LogP contribution is -1.96. The third-order valence-electron chi connectivity index (χ3n) is 2.08. The van der Waals surface area contributed by atoms with Crippen LogP contribution in [0.25, 0.3) is 0 Å². The van der Waals surface area contributed by atoms with E-state index < -0.39 is 24.2 Å². The molecule has 2 aromatic rings. The van der Waals surface area contributed by atoms with Crippen molar-refractivity contribution in [2.75, 3.05) is 0 Å². The van der Waals surface area contributed by atoms with Crippen LogP contribution in [0.1, 0.15) is 26.0 Å². The molecule has 0 saturated heterocycles. The van der Waals surface area contributed by atoms with Crippen molar-refractivity contribution >= 4 is 11.6 Å².